The van der Waals surface area contributed by atoms with Crippen molar-refractivity contribution in [3.05, 3.63) is 53.6 Å². The fraction of sp³-hybridized carbons (Fsp3) is 0.200. The molecule has 2 rings (SSSR count). The van der Waals surface area contributed by atoms with Gasteiger partial charge >= 0.3 is 5.97 Å². The van der Waals surface area contributed by atoms with Gasteiger partial charge in [0.05, 0.1) is 7.11 Å². The predicted octanol–water partition coefficient (Wildman–Crippen LogP) is 1.16. The number of methoxy groups -OCH3 is 1. The van der Waals surface area contributed by atoms with Gasteiger partial charge in [-0.2, -0.15) is 0 Å². The van der Waals surface area contributed by atoms with Crippen LogP contribution in [0.3, 0.4) is 0 Å². The number of hydrogen-bond donors (Lipinski definition) is 2. The lowest BCUT2D eigenvalue weighted by atomic mass is 10.1. The Labute approximate surface area is 127 Å². The lowest BCUT2D eigenvalue weighted by molar-refractivity contribution is 0.0683. The fourth-order valence-electron chi connectivity index (χ4n) is 1.86. The zero-order valence-electron chi connectivity index (χ0n) is 11.9. The quantitative estimate of drug-likeness (QED) is 0.830. The molecule has 0 unspecified atom stereocenters. The van der Waals surface area contributed by atoms with Gasteiger partial charge in [-0.3, -0.25) is 4.79 Å². The van der Waals surface area contributed by atoms with Crippen molar-refractivity contribution in [1.29, 1.82) is 0 Å². The molecule has 0 saturated heterocycles. The summed E-state index contributed by atoms with van der Waals surface area (Å²) in [4.78, 5) is 30.4. The number of nitrogens with zero attached hydrogens (tertiary/aromatic N) is 2. The average Bonchev–Trinajstić information content (AvgIpc) is 2.55. The second kappa shape index (κ2) is 7.16. The molecule has 114 valence electrons. The van der Waals surface area contributed by atoms with Crippen molar-refractivity contribution < 1.29 is 19.4 Å². The van der Waals surface area contributed by atoms with E-state index >= 15 is 0 Å². The molecule has 0 spiro atoms. The highest BCUT2D eigenvalue weighted by molar-refractivity contribution is 6.01. The molecular formula is C15H15N3O4. The van der Waals surface area contributed by atoms with Crippen LogP contribution in [0.2, 0.25) is 0 Å². The van der Waals surface area contributed by atoms with Gasteiger partial charge in [-0.15, -0.1) is 0 Å². The van der Waals surface area contributed by atoms with Crippen LogP contribution in [-0.4, -0.2) is 40.6 Å². The zero-order chi connectivity index (χ0) is 15.9. The molecular weight excluding hydrogens is 286 g/mol. The Morgan fingerprint density at radius 1 is 1.14 bits per heavy atom. The third kappa shape index (κ3) is 3.78. The third-order valence-electron chi connectivity index (χ3n) is 2.97. The summed E-state index contributed by atoms with van der Waals surface area (Å²) < 4.78 is 5.06. The summed E-state index contributed by atoms with van der Waals surface area (Å²) in [7, 11) is 1.59. The molecule has 2 aromatic rings. The van der Waals surface area contributed by atoms with E-state index in [1.807, 2.05) is 24.3 Å². The molecule has 1 heterocycles. The minimum absolute atomic E-state index is 0.190. The van der Waals surface area contributed by atoms with E-state index in [9.17, 15) is 9.59 Å². The van der Waals surface area contributed by atoms with Crippen LogP contribution in [0.5, 0.6) is 5.75 Å². The maximum absolute atomic E-state index is 12.0. The van der Waals surface area contributed by atoms with E-state index in [1.165, 1.54) is 12.4 Å². The smallest absolute Gasteiger partial charge is 0.356 e. The van der Waals surface area contributed by atoms with Crippen LogP contribution >= 0.6 is 0 Å². The number of nitrogens with one attached hydrogen (secondary N) is 1. The van der Waals surface area contributed by atoms with E-state index in [-0.39, 0.29) is 11.4 Å². The number of amides is 1. The second-order valence-electron chi connectivity index (χ2n) is 4.41. The van der Waals surface area contributed by atoms with Crippen molar-refractivity contribution in [1.82, 2.24) is 15.3 Å². The highest BCUT2D eigenvalue weighted by Crippen LogP contribution is 2.11. The van der Waals surface area contributed by atoms with Crippen LogP contribution < -0.4 is 10.1 Å². The van der Waals surface area contributed by atoms with Crippen molar-refractivity contribution in [2.75, 3.05) is 13.7 Å². The number of hydrogen-bond acceptors (Lipinski definition) is 5. The van der Waals surface area contributed by atoms with Crippen molar-refractivity contribution >= 4 is 11.9 Å². The predicted molar refractivity (Wildman–Crippen MR) is 78.0 cm³/mol. The molecule has 0 aliphatic rings. The molecule has 7 nitrogen and oxygen atoms in total. The number of benzene rings is 1. The first-order chi connectivity index (χ1) is 10.6. The lowest BCUT2D eigenvalue weighted by Gasteiger charge is -2.07. The normalized spacial score (nSPS) is 10.0. The van der Waals surface area contributed by atoms with Gasteiger partial charge < -0.3 is 15.2 Å². The topological polar surface area (TPSA) is 101 Å². The van der Waals surface area contributed by atoms with Gasteiger partial charge in [-0.25, -0.2) is 14.8 Å². The van der Waals surface area contributed by atoms with Crippen LogP contribution in [0, 0.1) is 0 Å². The van der Waals surface area contributed by atoms with E-state index in [4.69, 9.17) is 9.84 Å². The molecule has 0 atom stereocenters. The van der Waals surface area contributed by atoms with Crippen molar-refractivity contribution in [3.8, 4) is 5.75 Å². The molecule has 0 fully saturated rings. The Morgan fingerprint density at radius 2 is 1.77 bits per heavy atom. The Hall–Kier alpha value is -2.96. The summed E-state index contributed by atoms with van der Waals surface area (Å²) in [6.45, 7) is 0.362. The summed E-state index contributed by atoms with van der Waals surface area (Å²) in [6, 6.07) is 7.47. The summed E-state index contributed by atoms with van der Waals surface area (Å²) in [5.74, 6) is -1.08. The first-order valence-corrected chi connectivity index (χ1v) is 6.57. The Kier molecular flexibility index (Phi) is 5.02. The van der Waals surface area contributed by atoms with E-state index in [0.717, 1.165) is 11.3 Å². The molecule has 1 aromatic carbocycles. The Morgan fingerprint density at radius 3 is 2.36 bits per heavy atom. The molecule has 0 radical (unpaired) electrons. The monoisotopic (exact) mass is 301 g/mol. The van der Waals surface area contributed by atoms with E-state index in [0.29, 0.717) is 13.0 Å². The van der Waals surface area contributed by atoms with E-state index in [1.54, 1.807) is 7.11 Å². The highest BCUT2D eigenvalue weighted by Gasteiger charge is 2.18. The number of aromatic carboxylic acids is 1. The van der Waals surface area contributed by atoms with Gasteiger partial charge in [0.15, 0.2) is 11.4 Å². The average molecular weight is 301 g/mol. The highest BCUT2D eigenvalue weighted by atomic mass is 16.5. The lowest BCUT2D eigenvalue weighted by Crippen LogP contribution is -2.28. The maximum Gasteiger partial charge on any atom is 0.356 e. The van der Waals surface area contributed by atoms with Gasteiger partial charge in [-0.1, -0.05) is 12.1 Å². The molecule has 0 saturated carbocycles. The number of aromatic nitrogens is 2. The van der Waals surface area contributed by atoms with Gasteiger partial charge in [0, 0.05) is 18.9 Å². The van der Waals surface area contributed by atoms with Crippen molar-refractivity contribution in [2.45, 2.75) is 6.42 Å². The summed E-state index contributed by atoms with van der Waals surface area (Å²) in [5.41, 5.74) is 0.480. The van der Waals surface area contributed by atoms with Crippen LogP contribution in [0.1, 0.15) is 26.5 Å². The Balaban J connectivity index is 1.94. The number of ether oxygens (including phenoxy) is 1. The summed E-state index contributed by atoms with van der Waals surface area (Å²) in [5, 5.41) is 11.6. The molecule has 2 N–H and O–H groups in total. The molecule has 7 heteroatoms. The molecule has 0 aliphatic carbocycles. The van der Waals surface area contributed by atoms with Crippen molar-refractivity contribution in [3.63, 3.8) is 0 Å². The first kappa shape index (κ1) is 15.4. The number of carbonyl (C=O) groups excluding carboxylic acids is 1. The van der Waals surface area contributed by atoms with Gasteiger partial charge in [-0.05, 0) is 24.1 Å². The van der Waals surface area contributed by atoms with Gasteiger partial charge in [0.2, 0.25) is 0 Å². The first-order valence-electron chi connectivity index (χ1n) is 6.57. The van der Waals surface area contributed by atoms with Gasteiger partial charge in [0.1, 0.15) is 5.75 Å². The number of carbonyl (C=O) groups is 2. The summed E-state index contributed by atoms with van der Waals surface area (Å²) >= 11 is 0. The van der Waals surface area contributed by atoms with Crippen LogP contribution in [-0.2, 0) is 6.42 Å². The second-order valence-corrected chi connectivity index (χ2v) is 4.41. The molecule has 22 heavy (non-hydrogen) atoms. The van der Waals surface area contributed by atoms with Gasteiger partial charge in [0.25, 0.3) is 5.91 Å². The standard InChI is InChI=1S/C15H15N3O4/c1-22-11-4-2-10(3-5-11)6-7-18-14(19)12-13(15(20)21)17-9-8-16-12/h2-5,8-9H,6-7H2,1H3,(H,18,19)(H,20,21). The van der Waals surface area contributed by atoms with Crippen LogP contribution in [0.4, 0.5) is 0 Å². The van der Waals surface area contributed by atoms with E-state index in [2.05, 4.69) is 15.3 Å². The number of rotatable bonds is 6. The third-order valence-corrected chi connectivity index (χ3v) is 2.97. The minimum Gasteiger partial charge on any atom is -0.497 e. The Bertz CT molecular complexity index is 671. The molecule has 1 aromatic heterocycles. The van der Waals surface area contributed by atoms with Crippen LogP contribution in [0.25, 0.3) is 0 Å². The number of carboxylic acids is 1. The van der Waals surface area contributed by atoms with Crippen molar-refractivity contribution in [2.24, 2.45) is 0 Å². The maximum atomic E-state index is 12.0. The SMILES string of the molecule is COc1ccc(CCNC(=O)c2nccnc2C(=O)O)cc1. The van der Waals surface area contributed by atoms with Crippen LogP contribution in [0.15, 0.2) is 36.7 Å². The summed E-state index contributed by atoms with van der Waals surface area (Å²) in [6.07, 6.45) is 3.13. The minimum atomic E-state index is -1.28. The number of carboxylic acid groups (broad SMARTS) is 1. The zero-order valence-corrected chi connectivity index (χ0v) is 11.9. The fourth-order valence-corrected chi connectivity index (χ4v) is 1.86. The molecule has 0 bridgehead atoms. The molecule has 1 amide bonds. The largest absolute Gasteiger partial charge is 0.497 e. The van der Waals surface area contributed by atoms with E-state index < -0.39 is 11.9 Å². The molecule has 0 aliphatic heterocycles.